The molecule has 7 heteroatoms. The molecule has 2 N–H and O–H groups in total. The first-order valence-electron chi connectivity index (χ1n) is 6.89. The molecule has 21 heavy (non-hydrogen) atoms. The summed E-state index contributed by atoms with van der Waals surface area (Å²) in [6.45, 7) is 7.48. The topological polar surface area (TPSA) is 78.9 Å². The van der Waals surface area contributed by atoms with Crippen molar-refractivity contribution in [2.75, 3.05) is 31.0 Å². The van der Waals surface area contributed by atoms with E-state index in [2.05, 4.69) is 4.72 Å². The van der Waals surface area contributed by atoms with Gasteiger partial charge in [0.25, 0.3) is 0 Å². The average molecular weight is 314 g/mol. The van der Waals surface area contributed by atoms with Crippen molar-refractivity contribution < 1.29 is 18.3 Å². The fourth-order valence-electron chi connectivity index (χ4n) is 2.07. The number of rotatable bonds is 3. The zero-order chi connectivity index (χ0) is 15.7. The molecule has 6 nitrogen and oxygen atoms in total. The van der Waals surface area contributed by atoms with Crippen molar-refractivity contribution in [1.82, 2.24) is 4.31 Å². The summed E-state index contributed by atoms with van der Waals surface area (Å²) in [5.41, 5.74) is 1.02. The molecule has 0 radical (unpaired) electrons. The molecule has 118 valence electrons. The van der Waals surface area contributed by atoms with Crippen LogP contribution >= 0.6 is 0 Å². The number of hydrogen-bond donors (Lipinski definition) is 2. The number of morpholine rings is 1. The number of hydrogen-bond acceptors (Lipinski definition) is 4. The van der Waals surface area contributed by atoms with Gasteiger partial charge in [0.2, 0.25) is 0 Å². The van der Waals surface area contributed by atoms with Gasteiger partial charge >= 0.3 is 10.2 Å². The van der Waals surface area contributed by atoms with Crippen LogP contribution in [0.25, 0.3) is 0 Å². The highest BCUT2D eigenvalue weighted by atomic mass is 32.2. The van der Waals surface area contributed by atoms with Gasteiger partial charge in [0, 0.05) is 13.1 Å². The van der Waals surface area contributed by atoms with Crippen LogP contribution < -0.4 is 4.72 Å². The van der Waals surface area contributed by atoms with E-state index in [1.54, 1.807) is 12.1 Å². The van der Waals surface area contributed by atoms with Gasteiger partial charge in [-0.15, -0.1) is 0 Å². The SMILES string of the molecule is CC(C)(C)c1ccc(O)c(NS(=O)(=O)N2CCOCC2)c1. The Balaban J connectivity index is 2.26. The van der Waals surface area contributed by atoms with Gasteiger partial charge in [0.15, 0.2) is 0 Å². The van der Waals surface area contributed by atoms with Crippen LogP contribution in [0.5, 0.6) is 5.75 Å². The van der Waals surface area contributed by atoms with E-state index >= 15 is 0 Å². The summed E-state index contributed by atoms with van der Waals surface area (Å²) in [6.07, 6.45) is 0. The third-order valence-electron chi connectivity index (χ3n) is 3.41. The molecule has 2 rings (SSSR count). The maximum Gasteiger partial charge on any atom is 0.301 e. The average Bonchev–Trinajstić information content (AvgIpc) is 2.41. The molecule has 1 aromatic carbocycles. The molecule has 0 aliphatic carbocycles. The third-order valence-corrected chi connectivity index (χ3v) is 4.93. The van der Waals surface area contributed by atoms with Gasteiger partial charge in [0.05, 0.1) is 18.9 Å². The fraction of sp³-hybridized carbons (Fsp3) is 0.571. The number of ether oxygens (including phenoxy) is 1. The Hall–Kier alpha value is -1.31. The van der Waals surface area contributed by atoms with Gasteiger partial charge < -0.3 is 9.84 Å². The Morgan fingerprint density at radius 1 is 1.24 bits per heavy atom. The number of phenolic OH excluding ortho intramolecular Hbond substituents is 1. The van der Waals surface area contributed by atoms with Gasteiger partial charge in [-0.25, -0.2) is 0 Å². The number of anilines is 1. The van der Waals surface area contributed by atoms with E-state index in [-0.39, 0.29) is 16.9 Å². The second-order valence-electron chi connectivity index (χ2n) is 6.10. The van der Waals surface area contributed by atoms with Crippen LogP contribution in [0.15, 0.2) is 18.2 Å². The third kappa shape index (κ3) is 3.87. The predicted octanol–water partition coefficient (Wildman–Crippen LogP) is 1.68. The van der Waals surface area contributed by atoms with Crippen molar-refractivity contribution in [3.63, 3.8) is 0 Å². The summed E-state index contributed by atoms with van der Waals surface area (Å²) in [4.78, 5) is 0. The predicted molar refractivity (Wildman–Crippen MR) is 81.7 cm³/mol. The molecule has 0 bridgehead atoms. The molecule has 0 unspecified atom stereocenters. The van der Waals surface area contributed by atoms with E-state index in [4.69, 9.17) is 4.74 Å². The molecular formula is C14H22N2O4S. The molecule has 0 spiro atoms. The number of aromatic hydroxyl groups is 1. The van der Waals surface area contributed by atoms with Crippen molar-refractivity contribution in [3.05, 3.63) is 23.8 Å². The van der Waals surface area contributed by atoms with Crippen molar-refractivity contribution in [2.24, 2.45) is 0 Å². The standard InChI is InChI=1S/C14H22N2O4S/c1-14(2,3)11-4-5-13(17)12(10-11)15-21(18,19)16-6-8-20-9-7-16/h4-5,10,15,17H,6-9H2,1-3H3. The van der Waals surface area contributed by atoms with E-state index in [1.165, 1.54) is 10.4 Å². The zero-order valence-electron chi connectivity index (χ0n) is 12.6. The summed E-state index contributed by atoms with van der Waals surface area (Å²) in [5.74, 6) is -0.0835. The summed E-state index contributed by atoms with van der Waals surface area (Å²) in [6, 6.07) is 4.98. The maximum absolute atomic E-state index is 12.3. The van der Waals surface area contributed by atoms with E-state index in [0.717, 1.165) is 5.56 Å². The van der Waals surface area contributed by atoms with Crippen molar-refractivity contribution >= 4 is 15.9 Å². The lowest BCUT2D eigenvalue weighted by Gasteiger charge is -2.27. The second kappa shape index (κ2) is 5.82. The number of phenols is 1. The summed E-state index contributed by atoms with van der Waals surface area (Å²) >= 11 is 0. The van der Waals surface area contributed by atoms with Crippen LogP contribution in [0, 0.1) is 0 Å². The van der Waals surface area contributed by atoms with Gasteiger partial charge in [-0.05, 0) is 23.1 Å². The maximum atomic E-state index is 12.3. The first-order chi connectivity index (χ1) is 9.70. The Bertz CT molecular complexity index is 602. The summed E-state index contributed by atoms with van der Waals surface area (Å²) in [5, 5.41) is 9.89. The molecule has 0 saturated carbocycles. The van der Waals surface area contributed by atoms with Crippen LogP contribution in [0.3, 0.4) is 0 Å². The van der Waals surface area contributed by atoms with Crippen LogP contribution in [-0.2, 0) is 20.4 Å². The Morgan fingerprint density at radius 2 is 1.86 bits per heavy atom. The second-order valence-corrected chi connectivity index (χ2v) is 7.77. The van der Waals surface area contributed by atoms with Crippen molar-refractivity contribution in [2.45, 2.75) is 26.2 Å². The minimum atomic E-state index is -3.68. The number of nitrogens with one attached hydrogen (secondary N) is 1. The minimum Gasteiger partial charge on any atom is -0.506 e. The normalized spacial score (nSPS) is 17.7. The van der Waals surface area contributed by atoms with E-state index < -0.39 is 10.2 Å². The highest BCUT2D eigenvalue weighted by Crippen LogP contribution is 2.31. The van der Waals surface area contributed by atoms with Gasteiger partial charge in [-0.1, -0.05) is 26.8 Å². The molecule has 0 amide bonds. The molecule has 1 aliphatic rings. The lowest BCUT2D eigenvalue weighted by Crippen LogP contribution is -2.43. The molecule has 1 aliphatic heterocycles. The summed E-state index contributed by atoms with van der Waals surface area (Å²) < 4.78 is 33.6. The van der Waals surface area contributed by atoms with Crippen molar-refractivity contribution in [1.29, 1.82) is 0 Å². The summed E-state index contributed by atoms with van der Waals surface area (Å²) in [7, 11) is -3.68. The van der Waals surface area contributed by atoms with Gasteiger partial charge in [-0.2, -0.15) is 12.7 Å². The van der Waals surface area contributed by atoms with Crippen LogP contribution in [-0.4, -0.2) is 44.1 Å². The number of benzene rings is 1. The quantitative estimate of drug-likeness (QED) is 0.832. The van der Waals surface area contributed by atoms with E-state index in [0.29, 0.717) is 26.3 Å². The minimum absolute atomic E-state index is 0.0835. The molecule has 1 heterocycles. The molecule has 0 atom stereocenters. The largest absolute Gasteiger partial charge is 0.506 e. The lowest BCUT2D eigenvalue weighted by atomic mass is 9.87. The lowest BCUT2D eigenvalue weighted by molar-refractivity contribution is 0.0733. The monoisotopic (exact) mass is 314 g/mol. The van der Waals surface area contributed by atoms with E-state index in [9.17, 15) is 13.5 Å². The first kappa shape index (κ1) is 16.1. The first-order valence-corrected chi connectivity index (χ1v) is 8.33. The highest BCUT2D eigenvalue weighted by molar-refractivity contribution is 7.90. The van der Waals surface area contributed by atoms with Crippen molar-refractivity contribution in [3.8, 4) is 5.75 Å². The highest BCUT2D eigenvalue weighted by Gasteiger charge is 2.25. The fourth-order valence-corrected chi connectivity index (χ4v) is 3.28. The number of nitrogens with zero attached hydrogens (tertiary/aromatic N) is 1. The van der Waals surface area contributed by atoms with Crippen LogP contribution in [0.2, 0.25) is 0 Å². The zero-order valence-corrected chi connectivity index (χ0v) is 13.4. The smallest absolute Gasteiger partial charge is 0.301 e. The molecule has 1 saturated heterocycles. The molecule has 0 aromatic heterocycles. The molecule has 1 fully saturated rings. The Labute approximate surface area is 125 Å². The van der Waals surface area contributed by atoms with Crippen LogP contribution in [0.1, 0.15) is 26.3 Å². The van der Waals surface area contributed by atoms with Crippen LogP contribution in [0.4, 0.5) is 5.69 Å². The molecule has 1 aromatic rings. The molecular weight excluding hydrogens is 292 g/mol. The Kier molecular flexibility index (Phi) is 4.46. The Morgan fingerprint density at radius 3 is 2.43 bits per heavy atom. The van der Waals surface area contributed by atoms with Gasteiger partial charge in [0.1, 0.15) is 5.75 Å². The van der Waals surface area contributed by atoms with Gasteiger partial charge in [-0.3, -0.25) is 4.72 Å². The van der Waals surface area contributed by atoms with E-state index in [1.807, 2.05) is 20.8 Å².